The smallest absolute Gasteiger partial charge is 0.224 e. The Morgan fingerprint density at radius 1 is 1.42 bits per heavy atom. The minimum Gasteiger partial charge on any atom is -0.349 e. The van der Waals surface area contributed by atoms with Crippen molar-refractivity contribution >= 4 is 5.91 Å². The highest BCUT2D eigenvalue weighted by Crippen LogP contribution is 2.20. The molecule has 1 saturated heterocycles. The molecule has 1 aliphatic rings. The Hall–Kier alpha value is -1.42. The zero-order valence-electron chi connectivity index (χ0n) is 11.7. The number of halogens is 1. The average molecular weight is 264 g/mol. The summed E-state index contributed by atoms with van der Waals surface area (Å²) in [5.74, 6) is -0.0236. The minimum atomic E-state index is -0.165. The quantitative estimate of drug-likeness (QED) is 0.879. The largest absolute Gasteiger partial charge is 0.349 e. The lowest BCUT2D eigenvalue weighted by Crippen LogP contribution is -2.33. The van der Waals surface area contributed by atoms with Gasteiger partial charge in [0.2, 0.25) is 5.91 Å². The maximum Gasteiger partial charge on any atom is 0.224 e. The van der Waals surface area contributed by atoms with E-state index in [-0.39, 0.29) is 23.7 Å². The van der Waals surface area contributed by atoms with Gasteiger partial charge in [-0.25, -0.2) is 4.39 Å². The molecule has 1 heterocycles. The van der Waals surface area contributed by atoms with Gasteiger partial charge in [-0.1, -0.05) is 12.1 Å². The monoisotopic (exact) mass is 264 g/mol. The van der Waals surface area contributed by atoms with Crippen LogP contribution in [0.4, 0.5) is 4.39 Å². The van der Waals surface area contributed by atoms with Crippen molar-refractivity contribution in [1.82, 2.24) is 10.6 Å². The van der Waals surface area contributed by atoms with Crippen molar-refractivity contribution in [3.8, 4) is 0 Å². The van der Waals surface area contributed by atoms with Crippen LogP contribution >= 0.6 is 0 Å². The second kappa shape index (κ2) is 5.70. The summed E-state index contributed by atoms with van der Waals surface area (Å²) in [5, 5.41) is 6.19. The van der Waals surface area contributed by atoms with E-state index < -0.39 is 0 Å². The zero-order chi connectivity index (χ0) is 14.0. The Bertz CT molecular complexity index is 458. The lowest BCUT2D eigenvalue weighted by molar-refractivity contribution is -0.125. The average Bonchev–Trinajstić information content (AvgIpc) is 2.89. The summed E-state index contributed by atoms with van der Waals surface area (Å²) in [7, 11) is 0. The summed E-state index contributed by atoms with van der Waals surface area (Å²) in [6.07, 6.45) is 0.889. The molecule has 104 valence electrons. The van der Waals surface area contributed by atoms with Gasteiger partial charge >= 0.3 is 0 Å². The van der Waals surface area contributed by atoms with E-state index in [2.05, 4.69) is 10.6 Å². The lowest BCUT2D eigenvalue weighted by atomic mass is 10.0. The number of carbonyl (C=O) groups excluding carboxylic acids is 1. The van der Waals surface area contributed by atoms with Crippen molar-refractivity contribution in [3.05, 3.63) is 34.6 Å². The number of aryl methyl sites for hydroxylation is 2. The highest BCUT2D eigenvalue weighted by Gasteiger charge is 2.23. The fourth-order valence-corrected chi connectivity index (χ4v) is 2.52. The molecule has 3 nitrogen and oxygen atoms in total. The van der Waals surface area contributed by atoms with Crippen LogP contribution < -0.4 is 10.6 Å². The molecule has 2 N–H and O–H groups in total. The number of hydrogen-bond donors (Lipinski definition) is 2. The van der Waals surface area contributed by atoms with Crippen LogP contribution in [0.3, 0.4) is 0 Å². The molecule has 2 rings (SSSR count). The maximum absolute atomic E-state index is 13.6. The molecule has 1 aliphatic heterocycles. The van der Waals surface area contributed by atoms with Gasteiger partial charge in [0.15, 0.2) is 0 Å². The first-order chi connectivity index (χ1) is 8.99. The van der Waals surface area contributed by atoms with Gasteiger partial charge < -0.3 is 10.6 Å². The fourth-order valence-electron chi connectivity index (χ4n) is 2.52. The van der Waals surface area contributed by atoms with Crippen LogP contribution in [0.25, 0.3) is 0 Å². The molecule has 0 unspecified atom stereocenters. The Kier molecular flexibility index (Phi) is 4.20. The van der Waals surface area contributed by atoms with Crippen molar-refractivity contribution in [2.45, 2.75) is 33.2 Å². The van der Waals surface area contributed by atoms with Gasteiger partial charge in [0.1, 0.15) is 5.82 Å². The van der Waals surface area contributed by atoms with Crippen LogP contribution in [0.1, 0.15) is 36.1 Å². The molecule has 1 aromatic carbocycles. The topological polar surface area (TPSA) is 41.1 Å². The summed E-state index contributed by atoms with van der Waals surface area (Å²) in [6.45, 7) is 7.09. The zero-order valence-corrected chi connectivity index (χ0v) is 11.7. The van der Waals surface area contributed by atoms with Crippen molar-refractivity contribution in [2.75, 3.05) is 13.1 Å². The Morgan fingerprint density at radius 2 is 2.05 bits per heavy atom. The highest BCUT2D eigenvalue weighted by atomic mass is 19.1. The predicted molar refractivity (Wildman–Crippen MR) is 73.4 cm³/mol. The van der Waals surface area contributed by atoms with Crippen LogP contribution in [0.15, 0.2) is 12.1 Å². The third kappa shape index (κ3) is 3.13. The number of nitrogens with one attached hydrogen (secondary N) is 2. The molecule has 0 bridgehead atoms. The van der Waals surface area contributed by atoms with Gasteiger partial charge in [0, 0.05) is 6.54 Å². The number of hydrogen-bond acceptors (Lipinski definition) is 2. The van der Waals surface area contributed by atoms with E-state index in [0.717, 1.165) is 25.1 Å². The number of amides is 1. The Labute approximate surface area is 113 Å². The first kappa shape index (κ1) is 14.0. The highest BCUT2D eigenvalue weighted by molar-refractivity contribution is 5.79. The lowest BCUT2D eigenvalue weighted by Gasteiger charge is -2.18. The van der Waals surface area contributed by atoms with Gasteiger partial charge in [-0.05, 0) is 50.4 Å². The molecule has 2 atom stereocenters. The van der Waals surface area contributed by atoms with Crippen LogP contribution in [0.5, 0.6) is 0 Å². The molecule has 0 aliphatic carbocycles. The molecule has 0 spiro atoms. The van der Waals surface area contributed by atoms with Crippen molar-refractivity contribution in [2.24, 2.45) is 5.92 Å². The molecule has 19 heavy (non-hydrogen) atoms. The molecule has 1 amide bonds. The molecule has 1 fully saturated rings. The number of benzene rings is 1. The normalized spacial score (nSPS) is 20.3. The molecular formula is C15H21FN2O. The van der Waals surface area contributed by atoms with E-state index in [1.165, 1.54) is 0 Å². The first-order valence-corrected chi connectivity index (χ1v) is 6.76. The van der Waals surface area contributed by atoms with E-state index in [1.54, 1.807) is 26.0 Å². The SMILES string of the molecule is Cc1cc([C@@H](C)NC(=O)[C@@H]2CCNC2)cc(C)c1F. The van der Waals surface area contributed by atoms with E-state index >= 15 is 0 Å². The van der Waals surface area contributed by atoms with Crippen LogP contribution in [-0.4, -0.2) is 19.0 Å². The molecular weight excluding hydrogens is 243 g/mol. The first-order valence-electron chi connectivity index (χ1n) is 6.76. The molecule has 0 saturated carbocycles. The number of carbonyl (C=O) groups is 1. The standard InChI is InChI=1S/C15H21FN2O/c1-9-6-13(7-10(2)14(9)16)11(3)18-15(19)12-4-5-17-8-12/h6-7,11-12,17H,4-5,8H2,1-3H3,(H,18,19)/t11-,12-/m1/s1. The van der Waals surface area contributed by atoms with E-state index in [0.29, 0.717) is 11.1 Å². The van der Waals surface area contributed by atoms with Gasteiger partial charge in [-0.2, -0.15) is 0 Å². The van der Waals surface area contributed by atoms with Gasteiger partial charge in [-0.3, -0.25) is 4.79 Å². The van der Waals surface area contributed by atoms with Crippen LogP contribution in [-0.2, 0) is 4.79 Å². The van der Waals surface area contributed by atoms with Gasteiger partial charge in [0.25, 0.3) is 0 Å². The second-order valence-corrected chi connectivity index (χ2v) is 5.39. The summed E-state index contributed by atoms with van der Waals surface area (Å²) in [4.78, 5) is 12.0. The van der Waals surface area contributed by atoms with Gasteiger partial charge in [0.05, 0.1) is 12.0 Å². The van der Waals surface area contributed by atoms with Gasteiger partial charge in [-0.15, -0.1) is 0 Å². The van der Waals surface area contributed by atoms with Crippen LogP contribution in [0, 0.1) is 25.6 Å². The minimum absolute atomic E-state index is 0.0603. The van der Waals surface area contributed by atoms with Crippen molar-refractivity contribution in [1.29, 1.82) is 0 Å². The third-order valence-corrected chi connectivity index (χ3v) is 3.75. The maximum atomic E-state index is 13.6. The summed E-state index contributed by atoms with van der Waals surface area (Å²) in [6, 6.07) is 3.52. The second-order valence-electron chi connectivity index (χ2n) is 5.39. The molecule has 0 radical (unpaired) electrons. The Balaban J connectivity index is 2.07. The van der Waals surface area contributed by atoms with E-state index in [9.17, 15) is 9.18 Å². The van der Waals surface area contributed by atoms with Crippen molar-refractivity contribution < 1.29 is 9.18 Å². The van der Waals surface area contributed by atoms with Crippen molar-refractivity contribution in [3.63, 3.8) is 0 Å². The summed E-state index contributed by atoms with van der Waals surface area (Å²) in [5.41, 5.74) is 2.20. The fraction of sp³-hybridized carbons (Fsp3) is 0.533. The van der Waals surface area contributed by atoms with E-state index in [4.69, 9.17) is 0 Å². The predicted octanol–water partition coefficient (Wildman–Crippen LogP) is 2.23. The van der Waals surface area contributed by atoms with E-state index in [1.807, 2.05) is 6.92 Å². The number of rotatable bonds is 3. The molecule has 4 heteroatoms. The Morgan fingerprint density at radius 3 is 2.58 bits per heavy atom. The summed E-state index contributed by atoms with van der Waals surface area (Å²) < 4.78 is 13.6. The summed E-state index contributed by atoms with van der Waals surface area (Å²) >= 11 is 0. The molecule has 1 aromatic rings. The molecule has 0 aromatic heterocycles. The third-order valence-electron chi connectivity index (χ3n) is 3.75. The van der Waals surface area contributed by atoms with Crippen LogP contribution in [0.2, 0.25) is 0 Å².